The molecular weight excluding hydrogens is 420 g/mol. The fraction of sp³-hybridized carbons (Fsp3) is 0.963. The predicted molar refractivity (Wildman–Crippen MR) is 135 cm³/mol. The molecule has 33 heavy (non-hydrogen) atoms. The lowest BCUT2D eigenvalue weighted by Gasteiger charge is -2.19. The highest BCUT2D eigenvalue weighted by Crippen LogP contribution is 2.12. The Hall–Kier alpha value is -0.690. The van der Waals surface area contributed by atoms with Crippen molar-refractivity contribution < 1.29 is 28.5 Å². The maximum Gasteiger partial charge on any atom is 0.332 e. The van der Waals surface area contributed by atoms with Crippen molar-refractivity contribution in [2.45, 2.75) is 117 Å². The monoisotopic (exact) mass is 474 g/mol. The topological polar surface area (TPSA) is 63.2 Å². The highest BCUT2D eigenvalue weighted by Gasteiger charge is 2.15. The first kappa shape index (κ1) is 32.3. The van der Waals surface area contributed by atoms with E-state index >= 15 is 0 Å². The fourth-order valence-corrected chi connectivity index (χ4v) is 3.41. The summed E-state index contributed by atoms with van der Waals surface area (Å²) in [6.07, 6.45) is 17.8. The van der Waals surface area contributed by atoms with Crippen LogP contribution in [0.4, 0.5) is 0 Å². The molecular formula is C27H54O6. The van der Waals surface area contributed by atoms with Crippen LogP contribution in [0.2, 0.25) is 0 Å². The van der Waals surface area contributed by atoms with Crippen LogP contribution in [0, 0.1) is 0 Å². The van der Waals surface area contributed by atoms with Crippen LogP contribution >= 0.6 is 0 Å². The third kappa shape index (κ3) is 29.3. The van der Waals surface area contributed by atoms with Gasteiger partial charge in [0.2, 0.25) is 0 Å². The van der Waals surface area contributed by atoms with Gasteiger partial charge in [-0.05, 0) is 27.2 Å². The van der Waals surface area contributed by atoms with Crippen molar-refractivity contribution in [1.29, 1.82) is 0 Å². The van der Waals surface area contributed by atoms with Gasteiger partial charge in [-0.1, -0.05) is 84.0 Å². The number of carbonyl (C=O) groups excluding carboxylic acids is 1. The molecule has 0 saturated heterocycles. The molecule has 0 aromatic rings. The predicted octanol–water partition coefficient (Wildman–Crippen LogP) is 6.49. The number of carbonyl (C=O) groups is 1. The summed E-state index contributed by atoms with van der Waals surface area (Å²) in [5.74, 6) is -0.357. The third-order valence-corrected chi connectivity index (χ3v) is 5.15. The summed E-state index contributed by atoms with van der Waals surface area (Å²) in [5.41, 5.74) is -0.482. The maximum atomic E-state index is 11.5. The van der Waals surface area contributed by atoms with E-state index < -0.39 is 5.60 Å². The molecule has 0 unspecified atom stereocenters. The number of esters is 1. The Morgan fingerprint density at radius 1 is 0.515 bits per heavy atom. The van der Waals surface area contributed by atoms with Gasteiger partial charge in [-0.2, -0.15) is 0 Å². The van der Waals surface area contributed by atoms with Crippen molar-refractivity contribution in [3.63, 3.8) is 0 Å². The first-order chi connectivity index (χ1) is 16.0. The average molecular weight is 475 g/mol. The van der Waals surface area contributed by atoms with Gasteiger partial charge in [0, 0.05) is 6.61 Å². The molecule has 0 rings (SSSR count). The third-order valence-electron chi connectivity index (χ3n) is 5.15. The molecule has 0 bridgehead atoms. The minimum absolute atomic E-state index is 0.0479. The first-order valence-electron chi connectivity index (χ1n) is 13.5. The van der Waals surface area contributed by atoms with Crippen molar-refractivity contribution in [1.82, 2.24) is 0 Å². The van der Waals surface area contributed by atoms with Crippen LogP contribution in [0.25, 0.3) is 0 Å². The molecule has 0 aromatic heterocycles. The Labute approximate surface area is 204 Å². The zero-order valence-corrected chi connectivity index (χ0v) is 22.3. The zero-order chi connectivity index (χ0) is 24.5. The zero-order valence-electron chi connectivity index (χ0n) is 22.3. The highest BCUT2D eigenvalue weighted by molar-refractivity contribution is 5.71. The summed E-state index contributed by atoms with van der Waals surface area (Å²) >= 11 is 0. The van der Waals surface area contributed by atoms with Crippen molar-refractivity contribution >= 4 is 5.97 Å². The molecule has 0 aliphatic carbocycles. The summed E-state index contributed by atoms with van der Waals surface area (Å²) in [5, 5.41) is 0. The van der Waals surface area contributed by atoms with Crippen LogP contribution in [-0.4, -0.2) is 64.4 Å². The van der Waals surface area contributed by atoms with E-state index in [4.69, 9.17) is 23.7 Å². The van der Waals surface area contributed by atoms with Gasteiger partial charge in [0.05, 0.1) is 39.6 Å². The Balaban J connectivity index is 3.10. The molecule has 6 heteroatoms. The number of unbranched alkanes of at least 4 members (excludes halogenated alkanes) is 12. The minimum atomic E-state index is -0.482. The van der Waals surface area contributed by atoms with Crippen LogP contribution in [0.15, 0.2) is 0 Å². The number of rotatable bonds is 25. The van der Waals surface area contributed by atoms with E-state index in [0.29, 0.717) is 39.6 Å². The Kier molecular flexibility index (Phi) is 23.9. The lowest BCUT2D eigenvalue weighted by Crippen LogP contribution is -2.27. The largest absolute Gasteiger partial charge is 0.458 e. The van der Waals surface area contributed by atoms with Crippen molar-refractivity contribution in [2.24, 2.45) is 0 Å². The second-order valence-electron chi connectivity index (χ2n) is 9.72. The number of hydrogen-bond acceptors (Lipinski definition) is 6. The molecule has 0 amide bonds. The Bertz CT molecular complexity index is 408. The maximum absolute atomic E-state index is 11.5. The van der Waals surface area contributed by atoms with Crippen molar-refractivity contribution in [3.05, 3.63) is 0 Å². The lowest BCUT2D eigenvalue weighted by atomic mass is 10.0. The normalized spacial score (nSPS) is 11.8. The molecule has 6 nitrogen and oxygen atoms in total. The molecule has 0 saturated carbocycles. The van der Waals surface area contributed by atoms with E-state index in [9.17, 15) is 4.79 Å². The van der Waals surface area contributed by atoms with E-state index in [1.54, 1.807) is 0 Å². The summed E-state index contributed by atoms with van der Waals surface area (Å²) in [7, 11) is 0. The Morgan fingerprint density at radius 3 is 1.30 bits per heavy atom. The molecule has 198 valence electrons. The minimum Gasteiger partial charge on any atom is -0.458 e. The van der Waals surface area contributed by atoms with Crippen LogP contribution in [0.1, 0.15) is 111 Å². The van der Waals surface area contributed by atoms with Gasteiger partial charge >= 0.3 is 5.97 Å². The number of hydrogen-bond donors (Lipinski definition) is 0. The molecule has 0 heterocycles. The molecule has 0 aliphatic rings. The average Bonchev–Trinajstić information content (AvgIpc) is 2.75. The van der Waals surface area contributed by atoms with Gasteiger partial charge < -0.3 is 23.7 Å². The SMILES string of the molecule is CCCCCCCCCCCCCCCOCCOCCOCCOCC(=O)OC(C)(C)C. The smallest absolute Gasteiger partial charge is 0.332 e. The standard InChI is InChI=1S/C27H54O6/c1-5-6-7-8-9-10-11-12-13-14-15-16-17-18-29-19-20-30-21-22-31-23-24-32-25-26(28)33-27(2,3)4/h5-25H2,1-4H3. The van der Waals surface area contributed by atoms with Gasteiger partial charge in [-0.3, -0.25) is 0 Å². The van der Waals surface area contributed by atoms with E-state index in [1.165, 1.54) is 77.0 Å². The number of ether oxygens (including phenoxy) is 5. The van der Waals surface area contributed by atoms with Gasteiger partial charge in [0.15, 0.2) is 0 Å². The molecule has 0 aliphatic heterocycles. The molecule has 0 aromatic carbocycles. The van der Waals surface area contributed by atoms with Gasteiger partial charge in [-0.25, -0.2) is 4.79 Å². The van der Waals surface area contributed by atoms with Gasteiger partial charge in [-0.15, -0.1) is 0 Å². The second kappa shape index (κ2) is 24.4. The second-order valence-corrected chi connectivity index (χ2v) is 9.72. The lowest BCUT2D eigenvalue weighted by molar-refractivity contribution is -0.160. The first-order valence-corrected chi connectivity index (χ1v) is 13.5. The van der Waals surface area contributed by atoms with Crippen molar-refractivity contribution in [2.75, 3.05) is 52.9 Å². The highest BCUT2D eigenvalue weighted by atomic mass is 16.6. The van der Waals surface area contributed by atoms with Gasteiger partial charge in [0.25, 0.3) is 0 Å². The summed E-state index contributed by atoms with van der Waals surface area (Å²) in [4.78, 5) is 11.5. The summed E-state index contributed by atoms with van der Waals surface area (Å²) in [6.45, 7) is 11.6. The summed E-state index contributed by atoms with van der Waals surface area (Å²) < 4.78 is 26.9. The van der Waals surface area contributed by atoms with E-state index in [-0.39, 0.29) is 12.6 Å². The molecule has 0 fully saturated rings. The van der Waals surface area contributed by atoms with Crippen LogP contribution in [0.3, 0.4) is 0 Å². The van der Waals surface area contributed by atoms with E-state index in [1.807, 2.05) is 20.8 Å². The van der Waals surface area contributed by atoms with Crippen LogP contribution in [-0.2, 0) is 28.5 Å². The molecule has 0 atom stereocenters. The van der Waals surface area contributed by atoms with E-state index in [0.717, 1.165) is 13.0 Å². The van der Waals surface area contributed by atoms with Crippen LogP contribution < -0.4 is 0 Å². The summed E-state index contributed by atoms with van der Waals surface area (Å²) in [6, 6.07) is 0. The molecule has 0 N–H and O–H groups in total. The van der Waals surface area contributed by atoms with Crippen molar-refractivity contribution in [3.8, 4) is 0 Å². The molecule has 0 radical (unpaired) electrons. The quantitative estimate of drug-likeness (QED) is 0.111. The molecule has 0 spiro atoms. The van der Waals surface area contributed by atoms with E-state index in [2.05, 4.69) is 6.92 Å². The van der Waals surface area contributed by atoms with Gasteiger partial charge in [0.1, 0.15) is 12.2 Å². The van der Waals surface area contributed by atoms with Crippen LogP contribution in [0.5, 0.6) is 0 Å². The Morgan fingerprint density at radius 2 is 0.879 bits per heavy atom. The fourth-order valence-electron chi connectivity index (χ4n) is 3.41.